The van der Waals surface area contributed by atoms with Crippen LogP contribution in [0.25, 0.3) is 0 Å². The SMILES string of the molecule is Cc1cc(C)nc(N2CCN(S(C)(=O)=O)CC2)n1. The zero-order valence-corrected chi connectivity index (χ0v) is 11.7. The molecule has 6 nitrogen and oxygen atoms in total. The van der Waals surface area contributed by atoms with Crippen molar-refractivity contribution in [1.29, 1.82) is 0 Å². The molecule has 1 aromatic rings. The summed E-state index contributed by atoms with van der Waals surface area (Å²) in [5.41, 5.74) is 1.87. The lowest BCUT2D eigenvalue weighted by Gasteiger charge is -2.33. The Labute approximate surface area is 108 Å². The van der Waals surface area contributed by atoms with Gasteiger partial charge >= 0.3 is 0 Å². The summed E-state index contributed by atoms with van der Waals surface area (Å²) in [7, 11) is -3.08. The monoisotopic (exact) mass is 270 g/mol. The van der Waals surface area contributed by atoms with Crippen molar-refractivity contribution in [2.24, 2.45) is 0 Å². The van der Waals surface area contributed by atoms with Crippen LogP contribution < -0.4 is 4.90 Å². The summed E-state index contributed by atoms with van der Waals surface area (Å²) in [6, 6.07) is 1.93. The Kier molecular flexibility index (Phi) is 3.54. The Morgan fingerprint density at radius 3 is 2.00 bits per heavy atom. The van der Waals surface area contributed by atoms with Crippen LogP contribution in [0, 0.1) is 13.8 Å². The van der Waals surface area contributed by atoms with Crippen LogP contribution in [0.5, 0.6) is 0 Å². The van der Waals surface area contributed by atoms with E-state index < -0.39 is 10.0 Å². The molecule has 2 heterocycles. The number of nitrogens with zero attached hydrogens (tertiary/aromatic N) is 4. The lowest BCUT2D eigenvalue weighted by atomic mass is 10.3. The summed E-state index contributed by atoms with van der Waals surface area (Å²) < 4.78 is 24.3. The quantitative estimate of drug-likeness (QED) is 0.766. The third-order valence-electron chi connectivity index (χ3n) is 2.96. The molecule has 0 amide bonds. The lowest BCUT2D eigenvalue weighted by molar-refractivity contribution is 0.385. The predicted octanol–water partition coefficient (Wildman–Crippen LogP) is 0.175. The summed E-state index contributed by atoms with van der Waals surface area (Å²) in [4.78, 5) is 10.8. The Balaban J connectivity index is 2.10. The number of aromatic nitrogens is 2. The molecular formula is C11H18N4O2S. The molecule has 1 aliphatic rings. The number of piperazine rings is 1. The number of rotatable bonds is 2. The molecule has 0 bridgehead atoms. The first-order chi connectivity index (χ1) is 8.36. The van der Waals surface area contributed by atoms with Gasteiger partial charge in [-0.2, -0.15) is 4.31 Å². The highest BCUT2D eigenvalue weighted by atomic mass is 32.2. The Hall–Kier alpha value is -1.21. The molecule has 100 valence electrons. The second-order valence-electron chi connectivity index (χ2n) is 4.60. The fourth-order valence-electron chi connectivity index (χ4n) is 2.07. The summed E-state index contributed by atoms with van der Waals surface area (Å²) in [5.74, 6) is 0.695. The average Bonchev–Trinajstić information content (AvgIpc) is 2.27. The molecule has 2 rings (SSSR count). The summed E-state index contributed by atoms with van der Waals surface area (Å²) >= 11 is 0. The van der Waals surface area contributed by atoms with Crippen molar-refractivity contribution in [3.63, 3.8) is 0 Å². The first-order valence-corrected chi connectivity index (χ1v) is 7.73. The Morgan fingerprint density at radius 1 is 1.06 bits per heavy atom. The largest absolute Gasteiger partial charge is 0.338 e. The fraction of sp³-hybridized carbons (Fsp3) is 0.636. The maximum atomic E-state index is 11.4. The van der Waals surface area contributed by atoms with E-state index in [0.29, 0.717) is 32.1 Å². The molecule has 7 heteroatoms. The first-order valence-electron chi connectivity index (χ1n) is 5.88. The van der Waals surface area contributed by atoms with Gasteiger partial charge in [0.25, 0.3) is 0 Å². The minimum Gasteiger partial charge on any atom is -0.338 e. The minimum absolute atomic E-state index is 0.495. The van der Waals surface area contributed by atoms with Gasteiger partial charge in [0.05, 0.1) is 6.26 Å². The molecule has 1 saturated heterocycles. The third kappa shape index (κ3) is 2.97. The lowest BCUT2D eigenvalue weighted by Crippen LogP contribution is -2.48. The molecule has 0 aromatic carbocycles. The van der Waals surface area contributed by atoms with E-state index in [0.717, 1.165) is 11.4 Å². The van der Waals surface area contributed by atoms with Crippen molar-refractivity contribution >= 4 is 16.0 Å². The van der Waals surface area contributed by atoms with Crippen molar-refractivity contribution in [2.45, 2.75) is 13.8 Å². The van der Waals surface area contributed by atoms with E-state index in [-0.39, 0.29) is 0 Å². The smallest absolute Gasteiger partial charge is 0.225 e. The highest BCUT2D eigenvalue weighted by molar-refractivity contribution is 7.88. The maximum absolute atomic E-state index is 11.4. The van der Waals surface area contributed by atoms with Crippen LogP contribution in [0.4, 0.5) is 5.95 Å². The second kappa shape index (κ2) is 4.81. The molecular weight excluding hydrogens is 252 g/mol. The van der Waals surface area contributed by atoms with Crippen molar-refractivity contribution < 1.29 is 8.42 Å². The molecule has 0 atom stereocenters. The van der Waals surface area contributed by atoms with E-state index in [2.05, 4.69) is 9.97 Å². The van der Waals surface area contributed by atoms with Crippen molar-refractivity contribution in [2.75, 3.05) is 37.3 Å². The van der Waals surface area contributed by atoms with Crippen LogP contribution in [0.1, 0.15) is 11.4 Å². The van der Waals surface area contributed by atoms with Gasteiger partial charge in [0.2, 0.25) is 16.0 Å². The topological polar surface area (TPSA) is 66.4 Å². The van der Waals surface area contributed by atoms with Gasteiger partial charge in [-0.3, -0.25) is 0 Å². The summed E-state index contributed by atoms with van der Waals surface area (Å²) in [5, 5.41) is 0. The highest BCUT2D eigenvalue weighted by Gasteiger charge is 2.24. The van der Waals surface area contributed by atoms with Crippen LogP contribution in [0.2, 0.25) is 0 Å². The summed E-state index contributed by atoms with van der Waals surface area (Å²) in [6.45, 7) is 6.13. The van der Waals surface area contributed by atoms with Crippen LogP contribution >= 0.6 is 0 Å². The molecule has 0 saturated carbocycles. The number of sulfonamides is 1. The zero-order chi connectivity index (χ0) is 13.3. The first kappa shape index (κ1) is 13.2. The van der Waals surface area contributed by atoms with Crippen molar-refractivity contribution in [3.8, 4) is 0 Å². The molecule has 0 spiro atoms. The van der Waals surface area contributed by atoms with Gasteiger partial charge in [-0.25, -0.2) is 18.4 Å². The van der Waals surface area contributed by atoms with Gasteiger partial charge in [0, 0.05) is 37.6 Å². The number of anilines is 1. The molecule has 0 unspecified atom stereocenters. The maximum Gasteiger partial charge on any atom is 0.225 e. The van der Waals surface area contributed by atoms with E-state index in [9.17, 15) is 8.42 Å². The Morgan fingerprint density at radius 2 is 1.56 bits per heavy atom. The van der Waals surface area contributed by atoms with Gasteiger partial charge in [0.1, 0.15) is 0 Å². The number of hydrogen-bond acceptors (Lipinski definition) is 5. The summed E-state index contributed by atoms with van der Waals surface area (Å²) in [6.07, 6.45) is 1.25. The van der Waals surface area contributed by atoms with E-state index in [1.807, 2.05) is 24.8 Å². The highest BCUT2D eigenvalue weighted by Crippen LogP contribution is 2.14. The van der Waals surface area contributed by atoms with Crippen LogP contribution in [-0.2, 0) is 10.0 Å². The van der Waals surface area contributed by atoms with Crippen LogP contribution in [-0.4, -0.2) is 55.1 Å². The van der Waals surface area contributed by atoms with Crippen LogP contribution in [0.3, 0.4) is 0 Å². The van der Waals surface area contributed by atoms with E-state index in [4.69, 9.17) is 0 Å². The van der Waals surface area contributed by atoms with Gasteiger partial charge in [0.15, 0.2) is 0 Å². The minimum atomic E-state index is -3.08. The molecule has 0 N–H and O–H groups in total. The van der Waals surface area contributed by atoms with Crippen molar-refractivity contribution in [3.05, 3.63) is 17.5 Å². The molecule has 1 aromatic heterocycles. The van der Waals surface area contributed by atoms with Crippen molar-refractivity contribution in [1.82, 2.24) is 14.3 Å². The van der Waals surface area contributed by atoms with Gasteiger partial charge in [-0.05, 0) is 19.9 Å². The van der Waals surface area contributed by atoms with E-state index in [1.165, 1.54) is 10.6 Å². The van der Waals surface area contributed by atoms with Crippen LogP contribution in [0.15, 0.2) is 6.07 Å². The molecule has 1 fully saturated rings. The third-order valence-corrected chi connectivity index (χ3v) is 4.26. The van der Waals surface area contributed by atoms with E-state index >= 15 is 0 Å². The normalized spacial score (nSPS) is 18.1. The number of aryl methyl sites for hydroxylation is 2. The molecule has 0 aliphatic carbocycles. The predicted molar refractivity (Wildman–Crippen MR) is 70.1 cm³/mol. The molecule has 18 heavy (non-hydrogen) atoms. The van der Waals surface area contributed by atoms with E-state index in [1.54, 1.807) is 0 Å². The molecule has 0 radical (unpaired) electrons. The fourth-order valence-corrected chi connectivity index (χ4v) is 2.90. The standard InChI is InChI=1S/C11H18N4O2S/c1-9-8-10(2)13-11(12-9)14-4-6-15(7-5-14)18(3,16)17/h8H,4-7H2,1-3H3. The Bertz CT molecular complexity index is 516. The van der Waals surface area contributed by atoms with Gasteiger partial charge < -0.3 is 4.90 Å². The van der Waals surface area contributed by atoms with Gasteiger partial charge in [-0.1, -0.05) is 0 Å². The number of hydrogen-bond donors (Lipinski definition) is 0. The van der Waals surface area contributed by atoms with Gasteiger partial charge in [-0.15, -0.1) is 0 Å². The average molecular weight is 270 g/mol. The zero-order valence-electron chi connectivity index (χ0n) is 10.9. The second-order valence-corrected chi connectivity index (χ2v) is 6.58. The molecule has 1 aliphatic heterocycles.